The molecule has 1 aliphatic rings. The van der Waals surface area contributed by atoms with Crippen LogP contribution in [0.25, 0.3) is 0 Å². The Morgan fingerprint density at radius 2 is 2.30 bits per heavy atom. The van der Waals surface area contributed by atoms with E-state index in [1.54, 1.807) is 4.90 Å². The largest absolute Gasteiger partial charge is 0.384 e. The molecule has 0 aromatic heterocycles. The van der Waals surface area contributed by atoms with Crippen LogP contribution in [0.15, 0.2) is 18.2 Å². The van der Waals surface area contributed by atoms with Crippen molar-refractivity contribution in [2.75, 3.05) is 13.2 Å². The Bertz CT molecular complexity index is 559. The van der Waals surface area contributed by atoms with E-state index < -0.39 is 5.82 Å². The summed E-state index contributed by atoms with van der Waals surface area (Å²) >= 11 is 0. The molecule has 1 amide bonds. The number of hydrogen-bond acceptors (Lipinski definition) is 2. The maximum Gasteiger partial charge on any atom is 0.255 e. The topological polar surface area (TPSA) is 40.5 Å². The zero-order chi connectivity index (χ0) is 14.5. The zero-order valence-electron chi connectivity index (χ0n) is 11.5. The fourth-order valence-electron chi connectivity index (χ4n) is 2.49. The maximum atomic E-state index is 13.4. The number of carbonyl (C=O) groups excluding carboxylic acids is 1. The number of halogens is 1. The van der Waals surface area contributed by atoms with E-state index in [2.05, 4.69) is 11.8 Å². The number of benzene rings is 1. The number of aliphatic hydroxyl groups is 1. The van der Waals surface area contributed by atoms with Crippen LogP contribution in [-0.4, -0.2) is 35.1 Å². The van der Waals surface area contributed by atoms with Crippen molar-refractivity contribution in [3.05, 3.63) is 35.1 Å². The van der Waals surface area contributed by atoms with E-state index in [1.165, 1.54) is 18.2 Å². The van der Waals surface area contributed by atoms with Gasteiger partial charge in [0.15, 0.2) is 0 Å². The number of nitrogens with zero attached hydrogens (tertiary/aromatic N) is 1. The Morgan fingerprint density at radius 3 is 3.00 bits per heavy atom. The third kappa shape index (κ3) is 3.17. The summed E-state index contributed by atoms with van der Waals surface area (Å²) in [6.07, 6.45) is 3.06. The Balaban J connectivity index is 2.34. The first-order valence-corrected chi connectivity index (χ1v) is 6.83. The lowest BCUT2D eigenvalue weighted by molar-refractivity contribution is 0.0635. The first-order chi connectivity index (χ1) is 9.63. The molecule has 1 saturated heterocycles. The van der Waals surface area contributed by atoms with Gasteiger partial charge in [0.25, 0.3) is 5.91 Å². The van der Waals surface area contributed by atoms with E-state index in [0.717, 1.165) is 19.3 Å². The third-order valence-electron chi connectivity index (χ3n) is 3.58. The quantitative estimate of drug-likeness (QED) is 0.798. The van der Waals surface area contributed by atoms with Gasteiger partial charge in [0.05, 0.1) is 5.56 Å². The van der Waals surface area contributed by atoms with Gasteiger partial charge in [0, 0.05) is 18.2 Å². The molecule has 1 atom stereocenters. The van der Waals surface area contributed by atoms with Crippen molar-refractivity contribution in [1.29, 1.82) is 0 Å². The van der Waals surface area contributed by atoms with Crippen LogP contribution in [0.2, 0.25) is 0 Å². The number of rotatable bonds is 1. The van der Waals surface area contributed by atoms with E-state index in [4.69, 9.17) is 5.11 Å². The lowest BCUT2D eigenvalue weighted by Crippen LogP contribution is -2.42. The summed E-state index contributed by atoms with van der Waals surface area (Å²) in [5.41, 5.74) is 0.739. The number of aliphatic hydroxyl groups excluding tert-OH is 1. The fraction of sp³-hybridized carbons (Fsp3) is 0.438. The highest BCUT2D eigenvalue weighted by Crippen LogP contribution is 2.21. The van der Waals surface area contributed by atoms with Crippen molar-refractivity contribution in [1.82, 2.24) is 4.90 Å². The number of amides is 1. The van der Waals surface area contributed by atoms with E-state index in [1.807, 2.05) is 6.92 Å². The average molecular weight is 275 g/mol. The lowest BCUT2D eigenvalue weighted by atomic mass is 10.00. The van der Waals surface area contributed by atoms with Crippen LogP contribution in [0.3, 0.4) is 0 Å². The predicted molar refractivity (Wildman–Crippen MR) is 74.7 cm³/mol. The van der Waals surface area contributed by atoms with Crippen molar-refractivity contribution >= 4 is 5.91 Å². The van der Waals surface area contributed by atoms with Gasteiger partial charge in [-0.15, -0.1) is 0 Å². The number of piperidine rings is 1. The molecule has 0 spiro atoms. The lowest BCUT2D eigenvalue weighted by Gasteiger charge is -2.33. The molecule has 20 heavy (non-hydrogen) atoms. The number of carbonyl (C=O) groups is 1. The molecule has 4 heteroatoms. The average Bonchev–Trinajstić information content (AvgIpc) is 2.46. The molecule has 1 N–H and O–H groups in total. The van der Waals surface area contributed by atoms with Crippen LogP contribution in [-0.2, 0) is 0 Å². The first-order valence-electron chi connectivity index (χ1n) is 6.83. The zero-order valence-corrected chi connectivity index (χ0v) is 11.5. The molecule has 1 aliphatic heterocycles. The number of likely N-dealkylation sites (tertiary alicyclic amines) is 1. The monoisotopic (exact) mass is 275 g/mol. The maximum absolute atomic E-state index is 13.4. The normalized spacial score (nSPS) is 18.4. The molecule has 1 unspecified atom stereocenters. The predicted octanol–water partition coefficient (Wildman–Crippen LogP) is 2.18. The summed E-state index contributed by atoms with van der Waals surface area (Å²) < 4.78 is 13.4. The van der Waals surface area contributed by atoms with Gasteiger partial charge in [-0.05, 0) is 44.4 Å². The number of hydrogen-bond donors (Lipinski definition) is 1. The molecule has 0 radical (unpaired) electrons. The highest BCUT2D eigenvalue weighted by Gasteiger charge is 2.25. The van der Waals surface area contributed by atoms with E-state index in [-0.39, 0.29) is 24.1 Å². The Morgan fingerprint density at radius 1 is 1.50 bits per heavy atom. The molecule has 1 aromatic rings. The second kappa shape index (κ2) is 6.53. The van der Waals surface area contributed by atoms with Gasteiger partial charge in [0.2, 0.25) is 0 Å². The van der Waals surface area contributed by atoms with Gasteiger partial charge in [-0.2, -0.15) is 0 Å². The SMILES string of the molecule is CC1CCCCN1C(=O)c1cc(F)ccc1C#CCO. The minimum absolute atomic E-state index is 0.165. The van der Waals surface area contributed by atoms with Crippen molar-refractivity contribution in [3.8, 4) is 11.8 Å². The van der Waals surface area contributed by atoms with Crippen LogP contribution in [0, 0.1) is 17.7 Å². The molecule has 2 rings (SSSR count). The highest BCUT2D eigenvalue weighted by atomic mass is 19.1. The summed E-state index contributed by atoms with van der Waals surface area (Å²) in [6.45, 7) is 2.42. The molecular weight excluding hydrogens is 257 g/mol. The molecule has 1 fully saturated rings. The van der Waals surface area contributed by atoms with Crippen molar-refractivity contribution < 1.29 is 14.3 Å². The van der Waals surface area contributed by atoms with Crippen molar-refractivity contribution in [3.63, 3.8) is 0 Å². The molecule has 1 aromatic carbocycles. The smallest absolute Gasteiger partial charge is 0.255 e. The Kier molecular flexibility index (Phi) is 4.75. The van der Waals surface area contributed by atoms with Gasteiger partial charge in [-0.1, -0.05) is 11.8 Å². The standard InChI is InChI=1S/C16H18FNO2/c1-12-5-2-3-9-18(12)16(20)15-11-14(17)8-7-13(15)6-4-10-19/h7-8,11-12,19H,2-3,5,9-10H2,1H3. The van der Waals surface area contributed by atoms with Crippen LogP contribution in [0.1, 0.15) is 42.1 Å². The molecule has 1 heterocycles. The van der Waals surface area contributed by atoms with E-state index in [0.29, 0.717) is 12.1 Å². The van der Waals surface area contributed by atoms with Crippen LogP contribution >= 0.6 is 0 Å². The third-order valence-corrected chi connectivity index (χ3v) is 3.58. The first kappa shape index (κ1) is 14.5. The van der Waals surface area contributed by atoms with Crippen LogP contribution in [0.5, 0.6) is 0 Å². The summed E-state index contributed by atoms with van der Waals surface area (Å²) in [7, 11) is 0. The second-order valence-electron chi connectivity index (χ2n) is 4.99. The minimum atomic E-state index is -0.451. The van der Waals surface area contributed by atoms with E-state index >= 15 is 0 Å². The molecule has 0 saturated carbocycles. The molecule has 0 bridgehead atoms. The van der Waals surface area contributed by atoms with Crippen molar-refractivity contribution in [2.45, 2.75) is 32.2 Å². The summed E-state index contributed by atoms with van der Waals surface area (Å²) in [5, 5.41) is 8.76. The highest BCUT2D eigenvalue weighted by molar-refractivity contribution is 5.97. The van der Waals surface area contributed by atoms with Gasteiger partial charge in [0.1, 0.15) is 12.4 Å². The second-order valence-corrected chi connectivity index (χ2v) is 4.99. The molecule has 0 aliphatic carbocycles. The van der Waals surface area contributed by atoms with Gasteiger partial charge >= 0.3 is 0 Å². The van der Waals surface area contributed by atoms with E-state index in [9.17, 15) is 9.18 Å². The Labute approximate surface area is 118 Å². The Hall–Kier alpha value is -1.86. The molecule has 106 valence electrons. The summed E-state index contributed by atoms with van der Waals surface area (Å²) in [4.78, 5) is 14.4. The fourth-order valence-corrected chi connectivity index (χ4v) is 2.49. The summed E-state index contributed by atoms with van der Waals surface area (Å²) in [5.74, 6) is 4.58. The van der Waals surface area contributed by atoms with Crippen molar-refractivity contribution in [2.24, 2.45) is 0 Å². The van der Waals surface area contributed by atoms with Crippen LogP contribution in [0.4, 0.5) is 4.39 Å². The molecular formula is C16H18FNO2. The molecule has 3 nitrogen and oxygen atoms in total. The van der Waals surface area contributed by atoms with Crippen LogP contribution < -0.4 is 0 Å². The van der Waals surface area contributed by atoms with Gasteiger partial charge < -0.3 is 10.0 Å². The van der Waals surface area contributed by atoms with Gasteiger partial charge in [-0.25, -0.2) is 4.39 Å². The summed E-state index contributed by atoms with van der Waals surface area (Å²) in [6, 6.07) is 4.15. The van der Waals surface area contributed by atoms with Gasteiger partial charge in [-0.3, -0.25) is 4.79 Å². The minimum Gasteiger partial charge on any atom is -0.384 e.